The Hall–Kier alpha value is -1.88. The van der Waals surface area contributed by atoms with Gasteiger partial charge in [-0.25, -0.2) is 4.79 Å². The number of likely N-dealkylation sites (tertiary alicyclic amines) is 1. The molecule has 2 rings (SSSR count). The average Bonchev–Trinajstić information content (AvgIpc) is 2.78. The molecule has 1 saturated heterocycles. The van der Waals surface area contributed by atoms with Gasteiger partial charge < -0.3 is 15.3 Å². The third kappa shape index (κ3) is 3.82. The highest BCUT2D eigenvalue weighted by Gasteiger charge is 2.35. The number of nitrogens with zero attached hydrogens (tertiary/aromatic N) is 1. The predicted octanol–water partition coefficient (Wildman–Crippen LogP) is 1.87. The number of carbonyl (C=O) groups excluding carboxylic acids is 1. The second-order valence-electron chi connectivity index (χ2n) is 6.46. The number of hydrogen-bond donors (Lipinski definition) is 2. The molecule has 1 aromatic rings. The van der Waals surface area contributed by atoms with Gasteiger partial charge in [-0.05, 0) is 38.5 Å². The summed E-state index contributed by atoms with van der Waals surface area (Å²) in [5, 5.41) is 12.3. The molecule has 1 amide bonds. The summed E-state index contributed by atoms with van der Waals surface area (Å²) in [5.74, 6) is -0.758. The van der Waals surface area contributed by atoms with Crippen molar-refractivity contribution >= 4 is 11.9 Å². The maximum Gasteiger partial charge on any atom is 0.335 e. The first kappa shape index (κ1) is 15.5. The molecule has 0 saturated carbocycles. The first-order valence-electron chi connectivity index (χ1n) is 7.13. The smallest absolute Gasteiger partial charge is 0.335 e. The van der Waals surface area contributed by atoms with Crippen LogP contribution in [0.5, 0.6) is 0 Å². The van der Waals surface area contributed by atoms with E-state index in [1.807, 2.05) is 31.7 Å². The highest BCUT2D eigenvalue weighted by Crippen LogP contribution is 2.22. The van der Waals surface area contributed by atoms with Gasteiger partial charge in [-0.2, -0.15) is 0 Å². The topological polar surface area (TPSA) is 69.6 Å². The second kappa shape index (κ2) is 5.85. The van der Waals surface area contributed by atoms with Crippen molar-refractivity contribution in [2.75, 3.05) is 6.54 Å². The van der Waals surface area contributed by atoms with Gasteiger partial charge >= 0.3 is 5.97 Å². The minimum atomic E-state index is -0.924. The molecule has 0 bridgehead atoms. The number of carbonyl (C=O) groups is 2. The fourth-order valence-corrected chi connectivity index (χ4v) is 2.57. The van der Waals surface area contributed by atoms with E-state index in [-0.39, 0.29) is 23.1 Å². The Labute approximate surface area is 125 Å². The molecule has 1 atom stereocenters. The molecule has 0 aromatic heterocycles. The Morgan fingerprint density at radius 2 is 2.14 bits per heavy atom. The van der Waals surface area contributed by atoms with E-state index in [1.54, 1.807) is 18.2 Å². The Bertz CT molecular complexity index is 549. The van der Waals surface area contributed by atoms with Crippen molar-refractivity contribution in [3.63, 3.8) is 0 Å². The van der Waals surface area contributed by atoms with Gasteiger partial charge in [0, 0.05) is 31.1 Å². The number of carboxylic acid groups (broad SMARTS) is 1. The highest BCUT2D eigenvalue weighted by molar-refractivity contribution is 5.87. The van der Waals surface area contributed by atoms with Crippen LogP contribution in [0.4, 0.5) is 0 Å². The standard InChI is InChI=1S/C16H22N2O3/c1-16(2,3)18-10-13(8-14(18)19)17-9-11-5-4-6-12(7-11)15(20)21/h4-7,13,17H,8-10H2,1-3H3,(H,20,21). The van der Waals surface area contributed by atoms with Crippen molar-refractivity contribution < 1.29 is 14.7 Å². The molecule has 1 fully saturated rings. The van der Waals surface area contributed by atoms with Gasteiger partial charge in [-0.15, -0.1) is 0 Å². The van der Waals surface area contributed by atoms with Crippen LogP contribution in [0.25, 0.3) is 0 Å². The van der Waals surface area contributed by atoms with Crippen LogP contribution in [-0.2, 0) is 11.3 Å². The molecule has 1 aromatic carbocycles. The van der Waals surface area contributed by atoms with Crippen molar-refractivity contribution in [2.24, 2.45) is 0 Å². The maximum atomic E-state index is 12.0. The van der Waals surface area contributed by atoms with Crippen LogP contribution >= 0.6 is 0 Å². The first-order valence-corrected chi connectivity index (χ1v) is 7.13. The molecule has 5 heteroatoms. The van der Waals surface area contributed by atoms with Gasteiger partial charge in [0.2, 0.25) is 5.91 Å². The zero-order valence-electron chi connectivity index (χ0n) is 12.7. The zero-order chi connectivity index (χ0) is 15.6. The van der Waals surface area contributed by atoms with Gasteiger partial charge in [0.05, 0.1) is 5.56 Å². The average molecular weight is 290 g/mol. The molecule has 0 aliphatic carbocycles. The van der Waals surface area contributed by atoms with Gasteiger partial charge in [0.1, 0.15) is 0 Å². The summed E-state index contributed by atoms with van der Waals surface area (Å²) >= 11 is 0. The lowest BCUT2D eigenvalue weighted by Gasteiger charge is -2.32. The summed E-state index contributed by atoms with van der Waals surface area (Å²) in [4.78, 5) is 24.8. The monoisotopic (exact) mass is 290 g/mol. The van der Waals surface area contributed by atoms with Crippen molar-refractivity contribution in [3.8, 4) is 0 Å². The van der Waals surface area contributed by atoms with Crippen LogP contribution < -0.4 is 5.32 Å². The molecule has 2 N–H and O–H groups in total. The molecule has 5 nitrogen and oxygen atoms in total. The maximum absolute atomic E-state index is 12.0. The van der Waals surface area contributed by atoms with E-state index in [9.17, 15) is 9.59 Å². The van der Waals surface area contributed by atoms with Crippen molar-refractivity contribution in [1.29, 1.82) is 0 Å². The largest absolute Gasteiger partial charge is 0.478 e. The number of rotatable bonds is 4. The quantitative estimate of drug-likeness (QED) is 0.888. The number of benzene rings is 1. The van der Waals surface area contributed by atoms with E-state index in [0.717, 1.165) is 5.56 Å². The highest BCUT2D eigenvalue weighted by atomic mass is 16.4. The van der Waals surface area contributed by atoms with Gasteiger partial charge in [-0.1, -0.05) is 12.1 Å². The Morgan fingerprint density at radius 1 is 1.43 bits per heavy atom. The summed E-state index contributed by atoms with van der Waals surface area (Å²) in [6.07, 6.45) is 0.496. The minimum absolute atomic E-state index is 0.116. The molecular weight excluding hydrogens is 268 g/mol. The molecule has 1 unspecified atom stereocenters. The van der Waals surface area contributed by atoms with Crippen molar-refractivity contribution in [1.82, 2.24) is 10.2 Å². The van der Waals surface area contributed by atoms with Gasteiger partial charge in [0.15, 0.2) is 0 Å². The van der Waals surface area contributed by atoms with Crippen LogP contribution in [0.3, 0.4) is 0 Å². The zero-order valence-corrected chi connectivity index (χ0v) is 12.7. The fraction of sp³-hybridized carbons (Fsp3) is 0.500. The third-order valence-corrected chi connectivity index (χ3v) is 3.70. The van der Waals surface area contributed by atoms with E-state index in [0.29, 0.717) is 19.5 Å². The third-order valence-electron chi connectivity index (χ3n) is 3.70. The lowest BCUT2D eigenvalue weighted by atomic mass is 10.1. The summed E-state index contributed by atoms with van der Waals surface area (Å²) in [5.41, 5.74) is 1.04. The number of amides is 1. The van der Waals surface area contributed by atoms with E-state index in [1.165, 1.54) is 0 Å². The van der Waals surface area contributed by atoms with E-state index < -0.39 is 5.97 Å². The molecule has 1 aliphatic heterocycles. The predicted molar refractivity (Wildman–Crippen MR) is 80.1 cm³/mol. The normalized spacial score (nSPS) is 19.1. The SMILES string of the molecule is CC(C)(C)N1CC(NCc2cccc(C(=O)O)c2)CC1=O. The Morgan fingerprint density at radius 3 is 2.71 bits per heavy atom. The van der Waals surface area contributed by atoms with E-state index in [2.05, 4.69) is 5.32 Å². The molecule has 0 spiro atoms. The number of nitrogens with one attached hydrogen (secondary N) is 1. The molecule has 0 radical (unpaired) electrons. The summed E-state index contributed by atoms with van der Waals surface area (Å²) in [6, 6.07) is 6.98. The number of hydrogen-bond acceptors (Lipinski definition) is 3. The van der Waals surface area contributed by atoms with E-state index >= 15 is 0 Å². The Balaban J connectivity index is 1.94. The number of aromatic carboxylic acids is 1. The van der Waals surface area contributed by atoms with Crippen LogP contribution in [-0.4, -0.2) is 40.0 Å². The minimum Gasteiger partial charge on any atom is -0.478 e. The fourth-order valence-electron chi connectivity index (χ4n) is 2.57. The van der Waals surface area contributed by atoms with Crippen molar-refractivity contribution in [3.05, 3.63) is 35.4 Å². The Kier molecular flexibility index (Phi) is 4.32. The van der Waals surface area contributed by atoms with Crippen LogP contribution in [0.1, 0.15) is 43.1 Å². The molecule has 114 valence electrons. The lowest BCUT2D eigenvalue weighted by Crippen LogP contribution is -2.43. The summed E-state index contributed by atoms with van der Waals surface area (Å²) in [6.45, 7) is 7.36. The number of carboxylic acids is 1. The lowest BCUT2D eigenvalue weighted by molar-refractivity contribution is -0.131. The molecule has 1 heterocycles. The first-order chi connectivity index (χ1) is 9.77. The summed E-state index contributed by atoms with van der Waals surface area (Å²) in [7, 11) is 0. The molecule has 21 heavy (non-hydrogen) atoms. The second-order valence-corrected chi connectivity index (χ2v) is 6.46. The molecular formula is C16H22N2O3. The molecule has 1 aliphatic rings. The van der Waals surface area contributed by atoms with E-state index in [4.69, 9.17) is 5.11 Å². The van der Waals surface area contributed by atoms with Crippen LogP contribution in [0, 0.1) is 0 Å². The van der Waals surface area contributed by atoms with Gasteiger partial charge in [-0.3, -0.25) is 4.79 Å². The van der Waals surface area contributed by atoms with Crippen LogP contribution in [0.15, 0.2) is 24.3 Å². The van der Waals surface area contributed by atoms with Gasteiger partial charge in [0.25, 0.3) is 0 Å². The van der Waals surface area contributed by atoms with Crippen molar-refractivity contribution in [2.45, 2.75) is 45.3 Å². The summed E-state index contributed by atoms with van der Waals surface area (Å²) < 4.78 is 0. The van der Waals surface area contributed by atoms with Crippen LogP contribution in [0.2, 0.25) is 0 Å².